The highest BCUT2D eigenvalue weighted by atomic mass is 16.5. The molecule has 1 aromatic rings. The largest absolute Gasteiger partial charge is 0.343 e. The van der Waals surface area contributed by atoms with E-state index in [-0.39, 0.29) is 18.0 Å². The number of hydrogen-bond donors (Lipinski definition) is 1. The van der Waals surface area contributed by atoms with Gasteiger partial charge < -0.3 is 19.6 Å². The first kappa shape index (κ1) is 15.8. The van der Waals surface area contributed by atoms with Gasteiger partial charge in [0.1, 0.15) is 0 Å². The predicted octanol–water partition coefficient (Wildman–Crippen LogP) is 0.717. The Hall–Kier alpha value is -2.12. The molecule has 126 valence electrons. The number of hydrogen-bond acceptors (Lipinski definition) is 5. The monoisotopic (exact) mass is 321 g/mol. The number of rotatable bonds is 5. The van der Waals surface area contributed by atoms with Crippen LogP contribution < -0.4 is 5.32 Å². The van der Waals surface area contributed by atoms with E-state index in [1.54, 1.807) is 6.92 Å². The Morgan fingerprint density at radius 1 is 1.35 bits per heavy atom. The third-order valence-corrected chi connectivity index (χ3v) is 4.50. The number of likely N-dealkylation sites (tertiary alicyclic amines) is 1. The van der Waals surface area contributed by atoms with Gasteiger partial charge in [-0.25, -0.2) is 4.79 Å². The lowest BCUT2D eigenvalue weighted by Crippen LogP contribution is -2.47. The molecule has 1 N–H and O–H groups in total. The van der Waals surface area contributed by atoms with Crippen molar-refractivity contribution in [1.29, 1.82) is 0 Å². The molecule has 0 spiro atoms. The molecule has 0 saturated carbocycles. The Morgan fingerprint density at radius 2 is 2.13 bits per heavy atom. The second kappa shape index (κ2) is 6.97. The summed E-state index contributed by atoms with van der Waals surface area (Å²) in [4.78, 5) is 31.9. The molecule has 3 rings (SSSR count). The van der Waals surface area contributed by atoms with Crippen LogP contribution >= 0.6 is 0 Å². The highest BCUT2D eigenvalue weighted by molar-refractivity contribution is 5.77. The summed E-state index contributed by atoms with van der Waals surface area (Å²) in [6.45, 7) is 4.75. The summed E-state index contributed by atoms with van der Waals surface area (Å²) in [5, 5.41) is 6.57. The van der Waals surface area contributed by atoms with Crippen molar-refractivity contribution in [3.63, 3.8) is 0 Å². The Bertz CT molecular complexity index is 565. The SMILES string of the molecule is Cc1noc(CCCC(=O)N2CCC(N3CCNC3=O)CC2)n1. The molecule has 1 aromatic heterocycles. The van der Waals surface area contributed by atoms with Crippen molar-refractivity contribution in [2.45, 2.75) is 45.1 Å². The number of amides is 3. The molecule has 2 aliphatic heterocycles. The number of piperidine rings is 1. The van der Waals surface area contributed by atoms with Crippen molar-refractivity contribution in [1.82, 2.24) is 25.3 Å². The molecule has 3 amide bonds. The van der Waals surface area contributed by atoms with Crippen molar-refractivity contribution in [2.75, 3.05) is 26.2 Å². The van der Waals surface area contributed by atoms with E-state index in [0.717, 1.165) is 45.4 Å². The van der Waals surface area contributed by atoms with Crippen molar-refractivity contribution >= 4 is 11.9 Å². The molecule has 2 saturated heterocycles. The number of carbonyl (C=O) groups is 2. The van der Waals surface area contributed by atoms with Crippen molar-refractivity contribution in [3.05, 3.63) is 11.7 Å². The van der Waals surface area contributed by atoms with Crippen LogP contribution in [0.4, 0.5) is 4.79 Å². The molecule has 3 heterocycles. The van der Waals surface area contributed by atoms with E-state index in [4.69, 9.17) is 4.52 Å². The van der Waals surface area contributed by atoms with E-state index in [9.17, 15) is 9.59 Å². The van der Waals surface area contributed by atoms with Crippen LogP contribution in [0.15, 0.2) is 4.52 Å². The average Bonchev–Trinajstić information content (AvgIpc) is 3.16. The quantitative estimate of drug-likeness (QED) is 0.862. The zero-order valence-corrected chi connectivity index (χ0v) is 13.5. The van der Waals surface area contributed by atoms with Gasteiger partial charge in [0.2, 0.25) is 11.8 Å². The molecule has 8 heteroatoms. The van der Waals surface area contributed by atoms with Gasteiger partial charge in [-0.3, -0.25) is 4.79 Å². The average molecular weight is 321 g/mol. The molecule has 0 radical (unpaired) electrons. The van der Waals surface area contributed by atoms with Crippen LogP contribution in [0.25, 0.3) is 0 Å². The summed E-state index contributed by atoms with van der Waals surface area (Å²) < 4.78 is 5.04. The lowest BCUT2D eigenvalue weighted by atomic mass is 10.0. The summed E-state index contributed by atoms with van der Waals surface area (Å²) in [6, 6.07) is 0.299. The van der Waals surface area contributed by atoms with Crippen LogP contribution in [0.1, 0.15) is 37.4 Å². The van der Waals surface area contributed by atoms with Gasteiger partial charge in [-0.1, -0.05) is 5.16 Å². The fourth-order valence-electron chi connectivity index (χ4n) is 3.25. The van der Waals surface area contributed by atoms with Crippen LogP contribution in [0, 0.1) is 6.92 Å². The minimum atomic E-state index is 0.0321. The fraction of sp³-hybridized carbons (Fsp3) is 0.733. The third kappa shape index (κ3) is 3.80. The third-order valence-electron chi connectivity index (χ3n) is 4.50. The number of aromatic nitrogens is 2. The maximum atomic E-state index is 12.3. The van der Waals surface area contributed by atoms with Crippen LogP contribution in [-0.4, -0.2) is 64.1 Å². The maximum Gasteiger partial charge on any atom is 0.317 e. The topological polar surface area (TPSA) is 91.6 Å². The second-order valence-corrected chi connectivity index (χ2v) is 6.13. The second-order valence-electron chi connectivity index (χ2n) is 6.13. The molecule has 0 bridgehead atoms. The highest BCUT2D eigenvalue weighted by Gasteiger charge is 2.31. The summed E-state index contributed by atoms with van der Waals surface area (Å²) in [5.41, 5.74) is 0. The van der Waals surface area contributed by atoms with E-state index in [0.29, 0.717) is 24.6 Å². The molecular weight excluding hydrogens is 298 g/mol. The zero-order valence-electron chi connectivity index (χ0n) is 13.5. The molecule has 0 unspecified atom stereocenters. The molecule has 2 fully saturated rings. The zero-order chi connectivity index (χ0) is 16.2. The first-order chi connectivity index (χ1) is 11.1. The van der Waals surface area contributed by atoms with Gasteiger partial charge in [0.25, 0.3) is 0 Å². The van der Waals surface area contributed by atoms with Gasteiger partial charge in [-0.05, 0) is 26.2 Å². The van der Waals surface area contributed by atoms with Crippen molar-refractivity contribution in [2.24, 2.45) is 0 Å². The van der Waals surface area contributed by atoms with E-state index in [1.807, 2.05) is 9.80 Å². The van der Waals surface area contributed by atoms with Gasteiger partial charge in [-0.15, -0.1) is 0 Å². The molecule has 2 aliphatic rings. The lowest BCUT2D eigenvalue weighted by molar-refractivity contribution is -0.132. The summed E-state index contributed by atoms with van der Waals surface area (Å²) >= 11 is 0. The van der Waals surface area contributed by atoms with Gasteiger partial charge >= 0.3 is 6.03 Å². The minimum absolute atomic E-state index is 0.0321. The van der Waals surface area contributed by atoms with Crippen LogP contribution in [0.2, 0.25) is 0 Å². The summed E-state index contributed by atoms with van der Waals surface area (Å²) in [7, 11) is 0. The lowest BCUT2D eigenvalue weighted by Gasteiger charge is -2.36. The number of nitrogens with zero attached hydrogens (tertiary/aromatic N) is 4. The molecule has 8 nitrogen and oxygen atoms in total. The normalized spacial score (nSPS) is 19.3. The standard InChI is InChI=1S/C15H23N5O3/c1-11-17-13(23-18-11)3-2-4-14(21)19-8-5-12(6-9-19)20-10-7-16-15(20)22/h12H,2-10H2,1H3,(H,16,22). The van der Waals surface area contributed by atoms with Gasteiger partial charge in [0.05, 0.1) is 0 Å². The Kier molecular flexibility index (Phi) is 4.78. The first-order valence-corrected chi connectivity index (χ1v) is 8.25. The number of carbonyl (C=O) groups excluding carboxylic acids is 2. The summed E-state index contributed by atoms with van der Waals surface area (Å²) in [5.74, 6) is 1.39. The first-order valence-electron chi connectivity index (χ1n) is 8.25. The molecule has 0 aliphatic carbocycles. The number of aryl methyl sites for hydroxylation is 2. The van der Waals surface area contributed by atoms with Crippen molar-refractivity contribution < 1.29 is 14.1 Å². The molecular formula is C15H23N5O3. The number of nitrogens with one attached hydrogen (secondary N) is 1. The van der Waals surface area contributed by atoms with Crippen molar-refractivity contribution in [3.8, 4) is 0 Å². The number of urea groups is 1. The molecule has 0 aromatic carbocycles. The summed E-state index contributed by atoms with van der Waals surface area (Å²) in [6.07, 6.45) is 3.58. The highest BCUT2D eigenvalue weighted by Crippen LogP contribution is 2.19. The van der Waals surface area contributed by atoms with Crippen LogP contribution in [-0.2, 0) is 11.2 Å². The Morgan fingerprint density at radius 3 is 2.74 bits per heavy atom. The van der Waals surface area contributed by atoms with Crippen LogP contribution in [0.3, 0.4) is 0 Å². The van der Waals surface area contributed by atoms with Crippen LogP contribution in [0.5, 0.6) is 0 Å². The maximum absolute atomic E-state index is 12.3. The Labute approximate surface area is 135 Å². The fourth-order valence-corrected chi connectivity index (χ4v) is 3.25. The molecule has 0 atom stereocenters. The minimum Gasteiger partial charge on any atom is -0.343 e. The van der Waals surface area contributed by atoms with Gasteiger partial charge in [0.15, 0.2) is 5.82 Å². The molecule has 23 heavy (non-hydrogen) atoms. The van der Waals surface area contributed by atoms with E-state index in [2.05, 4.69) is 15.5 Å². The predicted molar refractivity (Wildman–Crippen MR) is 81.7 cm³/mol. The van der Waals surface area contributed by atoms with E-state index < -0.39 is 0 Å². The Balaban J connectivity index is 1.38. The van der Waals surface area contributed by atoms with Gasteiger partial charge in [0, 0.05) is 45.1 Å². The van der Waals surface area contributed by atoms with E-state index >= 15 is 0 Å². The smallest absolute Gasteiger partial charge is 0.317 e. The van der Waals surface area contributed by atoms with E-state index in [1.165, 1.54) is 0 Å². The van der Waals surface area contributed by atoms with Gasteiger partial charge in [-0.2, -0.15) is 4.98 Å².